The van der Waals surface area contributed by atoms with Crippen LogP contribution in [0.25, 0.3) is 0 Å². The van der Waals surface area contributed by atoms with Gasteiger partial charge in [0.1, 0.15) is 42.7 Å². The molecule has 490 valence electrons. The molecule has 0 radical (unpaired) electrons. The van der Waals surface area contributed by atoms with Crippen LogP contribution in [0.3, 0.4) is 0 Å². The van der Waals surface area contributed by atoms with E-state index in [2.05, 4.69) is 13.8 Å². The number of phosphoric ester groups is 1. The first-order chi connectivity index (χ1) is 40.0. The fourth-order valence-electron chi connectivity index (χ4n) is 11.9. The highest BCUT2D eigenvalue weighted by molar-refractivity contribution is 7.47. The maximum atomic E-state index is 12.9. The molecule has 12 nitrogen and oxygen atoms in total. The Bertz CT molecular complexity index is 1360. The number of hydrogen-bond donors (Lipinski definition) is 6. The second kappa shape index (κ2) is 59.3. The lowest BCUT2D eigenvalue weighted by Crippen LogP contribution is -2.64. The minimum atomic E-state index is -5.03. The van der Waals surface area contributed by atoms with Gasteiger partial charge in [-0.15, -0.1) is 0 Å². The summed E-state index contributed by atoms with van der Waals surface area (Å²) in [5.74, 6) is -0.464. The Morgan fingerprint density at radius 1 is 0.341 bits per heavy atom. The predicted octanol–water partition coefficient (Wildman–Crippen LogP) is 19.1. The maximum absolute atomic E-state index is 12.9. The molecule has 6 unspecified atom stereocenters. The molecule has 1 aliphatic rings. The first-order valence-electron chi connectivity index (χ1n) is 35.9. The van der Waals surface area contributed by atoms with Gasteiger partial charge < -0.3 is 39.9 Å². The van der Waals surface area contributed by atoms with E-state index in [1.807, 2.05) is 0 Å². The molecule has 0 saturated heterocycles. The third-order valence-corrected chi connectivity index (χ3v) is 18.5. The van der Waals surface area contributed by atoms with Crippen molar-refractivity contribution in [1.82, 2.24) is 0 Å². The van der Waals surface area contributed by atoms with Crippen molar-refractivity contribution in [1.29, 1.82) is 0 Å². The summed E-state index contributed by atoms with van der Waals surface area (Å²) in [6.45, 7) is 4.37. The molecule has 1 fully saturated rings. The molecule has 0 bridgehead atoms. The fraction of sp³-hybridized carbons (Fsp3) is 0.986. The molecule has 0 aromatic heterocycles. The fourth-order valence-corrected chi connectivity index (χ4v) is 12.9. The zero-order valence-corrected chi connectivity index (χ0v) is 54.7. The number of unbranched alkanes of at least 4 members (excludes halogenated alkanes) is 53. The minimum absolute atomic E-state index is 0.0666. The van der Waals surface area contributed by atoms with Gasteiger partial charge in [-0.2, -0.15) is 0 Å². The first-order valence-corrected chi connectivity index (χ1v) is 37.4. The number of phosphoric acid groups is 1. The largest absolute Gasteiger partial charge is 0.472 e. The lowest BCUT2D eigenvalue weighted by molar-refractivity contribution is -0.220. The number of rotatable bonds is 65. The summed E-state index contributed by atoms with van der Waals surface area (Å²) in [7, 11) is -5.03. The van der Waals surface area contributed by atoms with Crippen LogP contribution in [0.2, 0.25) is 0 Å². The van der Waals surface area contributed by atoms with E-state index < -0.39 is 63.1 Å². The van der Waals surface area contributed by atoms with Crippen LogP contribution in [0.1, 0.15) is 373 Å². The van der Waals surface area contributed by atoms with Gasteiger partial charge in [0.2, 0.25) is 0 Å². The zero-order chi connectivity index (χ0) is 59.7. The van der Waals surface area contributed by atoms with Gasteiger partial charge in [-0.05, 0) is 12.8 Å². The molecule has 82 heavy (non-hydrogen) atoms. The van der Waals surface area contributed by atoms with Gasteiger partial charge in [-0.25, -0.2) is 4.57 Å². The number of aliphatic hydroxyl groups is 5. The van der Waals surface area contributed by atoms with E-state index in [0.29, 0.717) is 13.0 Å². The summed E-state index contributed by atoms with van der Waals surface area (Å²) in [4.78, 5) is 23.4. The van der Waals surface area contributed by atoms with E-state index >= 15 is 0 Å². The monoisotopic (exact) mass is 1190 g/mol. The Hall–Kier alpha value is -0.660. The number of hydrogen-bond acceptors (Lipinski definition) is 11. The molecule has 0 aromatic carbocycles. The van der Waals surface area contributed by atoms with Crippen LogP contribution in [0, 0.1) is 0 Å². The van der Waals surface area contributed by atoms with Crippen molar-refractivity contribution in [2.75, 3.05) is 19.8 Å². The van der Waals surface area contributed by atoms with Crippen LogP contribution in [-0.4, -0.2) is 98.9 Å². The van der Waals surface area contributed by atoms with Gasteiger partial charge in [0.25, 0.3) is 0 Å². The van der Waals surface area contributed by atoms with E-state index in [1.165, 1.54) is 308 Å². The highest BCUT2D eigenvalue weighted by Crippen LogP contribution is 2.47. The summed E-state index contributed by atoms with van der Waals surface area (Å²) >= 11 is 0. The van der Waals surface area contributed by atoms with Crippen molar-refractivity contribution in [3.05, 3.63) is 0 Å². The van der Waals surface area contributed by atoms with E-state index in [0.717, 1.165) is 38.5 Å². The summed E-state index contributed by atoms with van der Waals surface area (Å²) < 4.78 is 34.6. The summed E-state index contributed by atoms with van der Waals surface area (Å²) in [6, 6.07) is 0. The molecule has 0 aromatic rings. The van der Waals surface area contributed by atoms with Crippen LogP contribution in [0.5, 0.6) is 0 Å². The van der Waals surface area contributed by atoms with Gasteiger partial charge in [0.05, 0.1) is 13.2 Å². The van der Waals surface area contributed by atoms with Crippen LogP contribution in [0.4, 0.5) is 0 Å². The highest BCUT2D eigenvalue weighted by atomic mass is 31.2. The van der Waals surface area contributed by atoms with Crippen LogP contribution in [-0.2, 0) is 27.9 Å². The molecule has 1 aliphatic carbocycles. The number of carbonyl (C=O) groups is 1. The van der Waals surface area contributed by atoms with Crippen LogP contribution in [0.15, 0.2) is 0 Å². The summed E-state index contributed by atoms with van der Waals surface area (Å²) in [5, 5.41) is 50.6. The number of ether oxygens (including phenoxy) is 2. The van der Waals surface area contributed by atoms with Crippen molar-refractivity contribution in [3.63, 3.8) is 0 Å². The molecular formula is C69H137O12P. The summed E-state index contributed by atoms with van der Waals surface area (Å²) in [5.41, 5.74) is 0. The van der Waals surface area contributed by atoms with E-state index in [4.69, 9.17) is 18.5 Å². The Morgan fingerprint density at radius 3 is 0.841 bits per heavy atom. The molecule has 0 aliphatic heterocycles. The van der Waals surface area contributed by atoms with Crippen LogP contribution < -0.4 is 0 Å². The molecule has 0 heterocycles. The van der Waals surface area contributed by atoms with Gasteiger partial charge in [-0.3, -0.25) is 13.8 Å². The number of carbonyl (C=O) groups excluding carboxylic acids is 1. The SMILES string of the molecule is CCCCCCCCCCCCCCCCCCCCCCCCCCCCCCCCCCCCCC(=O)O[C@H](COCCCCCCCCCCCCCCCCCCCCCC)COP(=O)(O)OC1C(O)C(O)C(O)[C@@H](O)C1O. The lowest BCUT2D eigenvalue weighted by Gasteiger charge is -2.41. The van der Waals surface area contributed by atoms with Gasteiger partial charge in [-0.1, -0.05) is 354 Å². The highest BCUT2D eigenvalue weighted by Gasteiger charge is 2.51. The molecule has 6 N–H and O–H groups in total. The minimum Gasteiger partial charge on any atom is -0.457 e. The quantitative estimate of drug-likeness (QED) is 0.0192. The van der Waals surface area contributed by atoms with Crippen molar-refractivity contribution in [3.8, 4) is 0 Å². The molecule has 0 amide bonds. The van der Waals surface area contributed by atoms with Gasteiger partial charge >= 0.3 is 13.8 Å². The van der Waals surface area contributed by atoms with E-state index in [-0.39, 0.29) is 13.0 Å². The first kappa shape index (κ1) is 79.4. The van der Waals surface area contributed by atoms with Crippen molar-refractivity contribution < 1.29 is 58.3 Å². The average molecular weight is 1190 g/mol. The summed E-state index contributed by atoms with van der Waals surface area (Å²) in [6.07, 6.45) is 60.8. The third-order valence-electron chi connectivity index (χ3n) is 17.5. The van der Waals surface area contributed by atoms with Gasteiger partial charge in [0, 0.05) is 13.0 Å². The average Bonchev–Trinajstić information content (AvgIpc) is 3.62. The molecule has 1 saturated carbocycles. The normalized spacial score (nSPS) is 19.5. The predicted molar refractivity (Wildman–Crippen MR) is 341 cm³/mol. The van der Waals surface area contributed by atoms with Gasteiger partial charge in [0.15, 0.2) is 0 Å². The van der Waals surface area contributed by atoms with E-state index in [1.54, 1.807) is 0 Å². The molecular weight excluding hydrogens is 1050 g/mol. The number of aliphatic hydroxyl groups excluding tert-OH is 5. The number of esters is 1. The van der Waals surface area contributed by atoms with Crippen molar-refractivity contribution in [2.45, 2.75) is 416 Å². The molecule has 13 heteroatoms. The Balaban J connectivity index is 2.11. The Morgan fingerprint density at radius 2 is 0.573 bits per heavy atom. The molecule has 1 rings (SSSR count). The Kier molecular flexibility index (Phi) is 57.4. The second-order valence-corrected chi connectivity index (χ2v) is 26.9. The smallest absolute Gasteiger partial charge is 0.457 e. The molecule has 0 spiro atoms. The van der Waals surface area contributed by atoms with Crippen LogP contribution >= 0.6 is 7.82 Å². The standard InChI is InChI=1S/C69H137O12P/c1-3-5-7-9-11-13-15-17-19-21-23-25-26-27-28-29-30-31-32-33-34-35-36-37-38-39-40-42-44-46-48-50-52-54-56-58-63(70)80-62(61-79-82(76,77)81-69-67(74)65(72)64(71)66(73)68(69)75)60-78-59-57-55-53-51-49-47-45-43-41-24-22-20-18-16-14-12-10-8-6-4-2/h62,64-69,71-75H,3-61H2,1-2H3,(H,76,77)/t62-,64?,65-,66?,67?,68?,69?/m1/s1. The maximum Gasteiger partial charge on any atom is 0.472 e. The third kappa shape index (κ3) is 49.3. The zero-order valence-electron chi connectivity index (χ0n) is 53.8. The topological polar surface area (TPSA) is 192 Å². The Labute approximate surface area is 505 Å². The van der Waals surface area contributed by atoms with Crippen molar-refractivity contribution in [2.24, 2.45) is 0 Å². The molecule has 8 atom stereocenters. The van der Waals surface area contributed by atoms with Crippen molar-refractivity contribution >= 4 is 13.8 Å². The van der Waals surface area contributed by atoms with E-state index in [9.17, 15) is 39.8 Å². The lowest BCUT2D eigenvalue weighted by atomic mass is 9.85. The second-order valence-electron chi connectivity index (χ2n) is 25.5.